The highest BCUT2D eigenvalue weighted by atomic mass is 79.9. The largest absolute Gasteiger partial charge is 0.493 e. The molecule has 110 valence electrons. The van der Waals surface area contributed by atoms with Crippen LogP contribution < -0.4 is 10.1 Å². The van der Waals surface area contributed by atoms with Gasteiger partial charge in [-0.15, -0.1) is 11.3 Å². The molecule has 0 fully saturated rings. The molecule has 0 saturated carbocycles. The zero-order valence-electron chi connectivity index (χ0n) is 11.4. The lowest BCUT2D eigenvalue weighted by Gasteiger charge is -2.15. The standard InChI is InChI=1S/C16H15BrClNOS/c17-11-5-9-3-4-20-16(9)10(6-11)8-19-13-1-2-14-12(13)7-15(18)21-14/h5-7,13,19H,1-4,8H2. The summed E-state index contributed by atoms with van der Waals surface area (Å²) in [7, 11) is 0. The fourth-order valence-electron chi connectivity index (χ4n) is 3.25. The number of benzene rings is 1. The number of nitrogens with one attached hydrogen (secondary N) is 1. The van der Waals surface area contributed by atoms with Gasteiger partial charge < -0.3 is 10.1 Å². The Morgan fingerprint density at radius 3 is 3.14 bits per heavy atom. The van der Waals surface area contributed by atoms with Crippen LogP contribution in [0.1, 0.15) is 34.0 Å². The van der Waals surface area contributed by atoms with Crippen LogP contribution in [0.25, 0.3) is 0 Å². The predicted molar refractivity (Wildman–Crippen MR) is 90.6 cm³/mol. The van der Waals surface area contributed by atoms with E-state index in [1.165, 1.54) is 21.6 Å². The monoisotopic (exact) mass is 383 g/mol. The normalized spacial score (nSPS) is 19.4. The number of halogens is 2. The first-order valence-corrected chi connectivity index (χ1v) is 9.15. The van der Waals surface area contributed by atoms with E-state index >= 15 is 0 Å². The molecule has 0 saturated heterocycles. The summed E-state index contributed by atoms with van der Waals surface area (Å²) in [5.74, 6) is 1.08. The second-order valence-corrected chi connectivity index (χ2v) is 8.24. The summed E-state index contributed by atoms with van der Waals surface area (Å²) in [5, 5.41) is 3.67. The highest BCUT2D eigenvalue weighted by molar-refractivity contribution is 9.10. The molecule has 0 radical (unpaired) electrons. The lowest BCUT2D eigenvalue weighted by atomic mass is 10.1. The number of hydrogen-bond acceptors (Lipinski definition) is 3. The van der Waals surface area contributed by atoms with Gasteiger partial charge in [0.05, 0.1) is 10.9 Å². The van der Waals surface area contributed by atoms with Gasteiger partial charge in [-0.25, -0.2) is 0 Å². The molecule has 2 nitrogen and oxygen atoms in total. The molecule has 2 aliphatic rings. The van der Waals surface area contributed by atoms with Crippen LogP contribution in [0, 0.1) is 0 Å². The minimum absolute atomic E-state index is 0.416. The minimum atomic E-state index is 0.416. The van der Waals surface area contributed by atoms with Crippen molar-refractivity contribution >= 4 is 38.9 Å². The van der Waals surface area contributed by atoms with Crippen LogP contribution in [0.15, 0.2) is 22.7 Å². The SMILES string of the molecule is Clc1cc2c(s1)CCC2NCc1cc(Br)cc2c1OCC2. The molecule has 1 atom stereocenters. The fraction of sp³-hybridized carbons (Fsp3) is 0.375. The average molecular weight is 385 g/mol. The van der Waals surface area contributed by atoms with Gasteiger partial charge in [-0.3, -0.25) is 0 Å². The van der Waals surface area contributed by atoms with Crippen LogP contribution in [-0.4, -0.2) is 6.61 Å². The Hall–Kier alpha value is -0.550. The molecule has 1 aliphatic heterocycles. The molecule has 2 heterocycles. The van der Waals surface area contributed by atoms with Crippen molar-refractivity contribution in [2.45, 2.75) is 31.8 Å². The van der Waals surface area contributed by atoms with Gasteiger partial charge in [-0.1, -0.05) is 27.5 Å². The minimum Gasteiger partial charge on any atom is -0.493 e. The maximum absolute atomic E-state index is 6.12. The van der Waals surface area contributed by atoms with E-state index in [-0.39, 0.29) is 0 Å². The van der Waals surface area contributed by atoms with Crippen molar-refractivity contribution in [1.29, 1.82) is 0 Å². The van der Waals surface area contributed by atoms with Gasteiger partial charge in [-0.05, 0) is 42.2 Å². The molecule has 1 aromatic carbocycles. The molecular weight excluding hydrogens is 370 g/mol. The van der Waals surface area contributed by atoms with E-state index in [1.54, 1.807) is 11.3 Å². The van der Waals surface area contributed by atoms with Crippen molar-refractivity contribution in [1.82, 2.24) is 5.32 Å². The third-order valence-corrected chi connectivity index (χ3v) is 6.01. The Morgan fingerprint density at radius 2 is 2.24 bits per heavy atom. The summed E-state index contributed by atoms with van der Waals surface area (Å²) in [4.78, 5) is 1.44. The van der Waals surface area contributed by atoms with Gasteiger partial charge >= 0.3 is 0 Å². The Labute approximate surface area is 141 Å². The maximum Gasteiger partial charge on any atom is 0.127 e. The summed E-state index contributed by atoms with van der Waals surface area (Å²) in [6.07, 6.45) is 3.31. The molecule has 0 spiro atoms. The Kier molecular flexibility index (Phi) is 3.74. The zero-order chi connectivity index (χ0) is 14.4. The summed E-state index contributed by atoms with van der Waals surface area (Å²) in [5.41, 5.74) is 3.94. The first kappa shape index (κ1) is 14.1. The van der Waals surface area contributed by atoms with E-state index in [0.717, 1.165) is 47.0 Å². The van der Waals surface area contributed by atoms with Crippen LogP contribution in [0.4, 0.5) is 0 Å². The quantitative estimate of drug-likeness (QED) is 0.814. The van der Waals surface area contributed by atoms with Gasteiger partial charge in [0.25, 0.3) is 0 Å². The molecule has 4 rings (SSSR count). The topological polar surface area (TPSA) is 21.3 Å². The van der Waals surface area contributed by atoms with Crippen LogP contribution in [0.3, 0.4) is 0 Å². The highest BCUT2D eigenvalue weighted by Gasteiger charge is 2.25. The van der Waals surface area contributed by atoms with E-state index in [9.17, 15) is 0 Å². The predicted octanol–water partition coefficient (Wildman–Crippen LogP) is 4.88. The molecule has 1 N–H and O–H groups in total. The molecule has 2 aromatic rings. The van der Waals surface area contributed by atoms with Crippen molar-refractivity contribution in [2.24, 2.45) is 0 Å². The number of thiophene rings is 1. The molecule has 1 unspecified atom stereocenters. The van der Waals surface area contributed by atoms with Crippen molar-refractivity contribution in [3.63, 3.8) is 0 Å². The molecule has 1 aromatic heterocycles. The van der Waals surface area contributed by atoms with E-state index in [2.05, 4.69) is 39.4 Å². The summed E-state index contributed by atoms with van der Waals surface area (Å²) < 4.78 is 7.83. The van der Waals surface area contributed by atoms with Crippen LogP contribution in [0.2, 0.25) is 4.34 Å². The molecular formula is C16H15BrClNOS. The molecule has 0 amide bonds. The van der Waals surface area contributed by atoms with Crippen LogP contribution in [0.5, 0.6) is 5.75 Å². The van der Waals surface area contributed by atoms with Gasteiger partial charge in [0.2, 0.25) is 0 Å². The van der Waals surface area contributed by atoms with Gasteiger partial charge in [0, 0.05) is 33.9 Å². The molecule has 0 bridgehead atoms. The molecule has 1 aliphatic carbocycles. The van der Waals surface area contributed by atoms with Gasteiger partial charge in [-0.2, -0.15) is 0 Å². The second-order valence-electron chi connectivity index (χ2n) is 5.55. The van der Waals surface area contributed by atoms with E-state index in [4.69, 9.17) is 16.3 Å². The van der Waals surface area contributed by atoms with E-state index in [0.29, 0.717) is 6.04 Å². The Bertz CT molecular complexity index is 700. The van der Waals surface area contributed by atoms with Gasteiger partial charge in [0.1, 0.15) is 5.75 Å². The fourth-order valence-corrected chi connectivity index (χ4v) is 5.16. The van der Waals surface area contributed by atoms with Crippen LogP contribution >= 0.6 is 38.9 Å². The number of hydrogen-bond donors (Lipinski definition) is 1. The number of ether oxygens (including phenoxy) is 1. The first-order chi connectivity index (χ1) is 10.2. The zero-order valence-corrected chi connectivity index (χ0v) is 14.6. The second kappa shape index (κ2) is 5.58. The Balaban J connectivity index is 1.53. The third kappa shape index (κ3) is 2.63. The average Bonchev–Trinajstić information content (AvgIpc) is 3.11. The molecule has 5 heteroatoms. The number of fused-ring (bicyclic) bond motifs is 2. The van der Waals surface area contributed by atoms with E-state index < -0.39 is 0 Å². The number of rotatable bonds is 3. The molecule has 21 heavy (non-hydrogen) atoms. The highest BCUT2D eigenvalue weighted by Crippen LogP contribution is 2.40. The summed E-state index contributed by atoms with van der Waals surface area (Å²) in [6.45, 7) is 1.63. The Morgan fingerprint density at radius 1 is 1.33 bits per heavy atom. The van der Waals surface area contributed by atoms with Crippen molar-refractivity contribution in [3.8, 4) is 5.75 Å². The summed E-state index contributed by atoms with van der Waals surface area (Å²) in [6, 6.07) is 6.86. The lowest BCUT2D eigenvalue weighted by Crippen LogP contribution is -2.18. The summed E-state index contributed by atoms with van der Waals surface area (Å²) >= 11 is 11.4. The van der Waals surface area contributed by atoms with Crippen LogP contribution in [-0.2, 0) is 19.4 Å². The smallest absolute Gasteiger partial charge is 0.127 e. The third-order valence-electron chi connectivity index (χ3n) is 4.21. The van der Waals surface area contributed by atoms with E-state index in [1.807, 2.05) is 0 Å². The first-order valence-electron chi connectivity index (χ1n) is 7.16. The number of aryl methyl sites for hydroxylation is 1. The van der Waals surface area contributed by atoms with Gasteiger partial charge in [0.15, 0.2) is 0 Å². The van der Waals surface area contributed by atoms with Crippen molar-refractivity contribution in [2.75, 3.05) is 6.61 Å². The van der Waals surface area contributed by atoms with Crippen molar-refractivity contribution in [3.05, 3.63) is 48.6 Å². The van der Waals surface area contributed by atoms with Crippen molar-refractivity contribution < 1.29 is 4.74 Å². The lowest BCUT2D eigenvalue weighted by molar-refractivity contribution is 0.351. The maximum atomic E-state index is 6.12.